The summed E-state index contributed by atoms with van der Waals surface area (Å²) in [4.78, 5) is 27.4. The fourth-order valence-electron chi connectivity index (χ4n) is 3.07. The van der Waals surface area contributed by atoms with E-state index in [1.165, 1.54) is 7.11 Å². The van der Waals surface area contributed by atoms with E-state index in [-0.39, 0.29) is 30.9 Å². The van der Waals surface area contributed by atoms with Crippen molar-refractivity contribution in [3.8, 4) is 5.75 Å². The van der Waals surface area contributed by atoms with E-state index in [4.69, 9.17) is 9.47 Å². The van der Waals surface area contributed by atoms with Crippen molar-refractivity contribution in [3.05, 3.63) is 22.2 Å². The van der Waals surface area contributed by atoms with Crippen LogP contribution in [0.3, 0.4) is 0 Å². The molecule has 1 N–H and O–H groups in total. The lowest BCUT2D eigenvalue weighted by molar-refractivity contribution is -0.143. The maximum absolute atomic E-state index is 13.3. The van der Waals surface area contributed by atoms with Crippen LogP contribution in [0.25, 0.3) is 0 Å². The number of methoxy groups -OCH3 is 2. The average molecular weight is 432 g/mol. The Labute approximate surface area is 158 Å². The summed E-state index contributed by atoms with van der Waals surface area (Å²) in [5.41, 5.74) is -0.989. The van der Waals surface area contributed by atoms with Crippen molar-refractivity contribution >= 4 is 42.2 Å². The summed E-state index contributed by atoms with van der Waals surface area (Å²) in [5, 5.41) is 10.3. The Bertz CT molecular complexity index is 696. The molecule has 1 saturated heterocycles. The normalized spacial score (nSPS) is 23.3. The maximum Gasteiger partial charge on any atom is 0.335 e. The van der Waals surface area contributed by atoms with Gasteiger partial charge < -0.3 is 14.6 Å². The second-order valence-corrected chi connectivity index (χ2v) is 7.85. The van der Waals surface area contributed by atoms with Crippen LogP contribution in [-0.4, -0.2) is 60.7 Å². The summed E-state index contributed by atoms with van der Waals surface area (Å²) in [6.45, 7) is 3.98. The first-order valence-electron chi connectivity index (χ1n) is 7.88. The third-order valence-electron chi connectivity index (χ3n) is 4.61. The number of halogens is 1. The van der Waals surface area contributed by atoms with E-state index >= 15 is 0 Å². The summed E-state index contributed by atoms with van der Waals surface area (Å²) in [5.74, 6) is -0.265. The van der Waals surface area contributed by atoms with Crippen LogP contribution in [0.1, 0.15) is 24.2 Å². The molecule has 1 fully saturated rings. The molecular formula is C17H23BrNO5P. The Morgan fingerprint density at radius 2 is 2.04 bits per heavy atom. The second-order valence-electron chi connectivity index (χ2n) is 6.38. The molecule has 1 aliphatic heterocycles. The van der Waals surface area contributed by atoms with Crippen LogP contribution in [0.5, 0.6) is 5.75 Å². The standard InChI is InChI=1S/C17H23BrNO5P/c1-9(2)12(7-20)19-8-17(19,16(22)24-4)15(21)10-5-11(18)13(23-3)6-14(10)25/h5-6,9,12,20H,7-8,25H2,1-4H3/t12-,17?,19?/m1/s1. The van der Waals surface area contributed by atoms with Crippen LogP contribution in [0, 0.1) is 5.92 Å². The van der Waals surface area contributed by atoms with Gasteiger partial charge in [0, 0.05) is 18.2 Å². The molecule has 8 heteroatoms. The van der Waals surface area contributed by atoms with Crippen LogP contribution in [0.2, 0.25) is 0 Å². The quantitative estimate of drug-likeness (QED) is 0.231. The van der Waals surface area contributed by atoms with E-state index in [1.807, 2.05) is 13.8 Å². The first-order valence-corrected chi connectivity index (χ1v) is 9.25. The van der Waals surface area contributed by atoms with E-state index in [9.17, 15) is 14.7 Å². The molecule has 0 spiro atoms. The largest absolute Gasteiger partial charge is 0.496 e. The highest BCUT2D eigenvalue weighted by atomic mass is 79.9. The van der Waals surface area contributed by atoms with Gasteiger partial charge in [0.05, 0.1) is 25.3 Å². The molecule has 1 aromatic rings. The van der Waals surface area contributed by atoms with Gasteiger partial charge in [-0.3, -0.25) is 9.69 Å². The molecule has 1 heterocycles. The van der Waals surface area contributed by atoms with E-state index in [1.54, 1.807) is 24.1 Å². The Kier molecular flexibility index (Phi) is 6.26. The zero-order valence-corrected chi connectivity index (χ0v) is 17.4. The first-order chi connectivity index (χ1) is 11.7. The number of ketones is 1. The van der Waals surface area contributed by atoms with Gasteiger partial charge in [0.2, 0.25) is 0 Å². The number of hydrogen-bond acceptors (Lipinski definition) is 6. The van der Waals surface area contributed by atoms with Crippen molar-refractivity contribution in [2.75, 3.05) is 27.4 Å². The molecule has 0 saturated carbocycles. The highest BCUT2D eigenvalue weighted by Crippen LogP contribution is 2.41. The Hall–Kier alpha value is -1.01. The predicted octanol–water partition coefficient (Wildman–Crippen LogP) is 1.39. The van der Waals surface area contributed by atoms with Crippen molar-refractivity contribution < 1.29 is 24.2 Å². The van der Waals surface area contributed by atoms with Crippen molar-refractivity contribution in [3.63, 3.8) is 0 Å². The van der Waals surface area contributed by atoms with E-state index in [0.29, 0.717) is 21.1 Å². The molecule has 1 aromatic carbocycles. The van der Waals surface area contributed by atoms with Gasteiger partial charge in [-0.25, -0.2) is 4.79 Å². The Morgan fingerprint density at radius 1 is 1.40 bits per heavy atom. The van der Waals surface area contributed by atoms with Crippen molar-refractivity contribution in [1.29, 1.82) is 0 Å². The minimum absolute atomic E-state index is 0.0856. The third-order valence-corrected chi connectivity index (χ3v) is 5.71. The molecule has 3 unspecified atom stereocenters. The average Bonchev–Trinajstić information content (AvgIpc) is 3.31. The van der Waals surface area contributed by atoms with Crippen LogP contribution in [0.15, 0.2) is 16.6 Å². The van der Waals surface area contributed by atoms with Crippen LogP contribution in [0.4, 0.5) is 0 Å². The molecule has 0 aromatic heterocycles. The number of ether oxygens (including phenoxy) is 2. The summed E-state index contributed by atoms with van der Waals surface area (Å²) < 4.78 is 10.8. The topological polar surface area (TPSA) is 75.8 Å². The lowest BCUT2D eigenvalue weighted by atomic mass is 9.95. The van der Waals surface area contributed by atoms with E-state index < -0.39 is 11.5 Å². The number of carbonyl (C=O) groups excluding carboxylic acids is 2. The second kappa shape index (κ2) is 7.70. The number of nitrogens with zero attached hydrogens (tertiary/aromatic N) is 1. The Morgan fingerprint density at radius 3 is 2.52 bits per heavy atom. The predicted molar refractivity (Wildman–Crippen MR) is 102 cm³/mol. The van der Waals surface area contributed by atoms with Gasteiger partial charge in [-0.15, -0.1) is 9.24 Å². The Balaban J connectivity index is 2.47. The highest BCUT2D eigenvalue weighted by Gasteiger charge is 2.67. The van der Waals surface area contributed by atoms with Gasteiger partial charge in [-0.05, 0) is 39.3 Å². The van der Waals surface area contributed by atoms with Gasteiger partial charge in [0.1, 0.15) is 5.75 Å². The zero-order valence-electron chi connectivity index (χ0n) is 14.7. The first kappa shape index (κ1) is 20.3. The van der Waals surface area contributed by atoms with Crippen LogP contribution in [-0.2, 0) is 9.53 Å². The van der Waals surface area contributed by atoms with Crippen molar-refractivity contribution in [2.24, 2.45) is 5.92 Å². The zero-order chi connectivity index (χ0) is 18.9. The molecule has 1 aliphatic rings. The number of rotatable bonds is 7. The molecule has 25 heavy (non-hydrogen) atoms. The molecule has 2 rings (SSSR count). The number of aliphatic hydroxyl groups excluding tert-OH is 1. The van der Waals surface area contributed by atoms with Gasteiger partial charge in [0.25, 0.3) is 0 Å². The van der Waals surface area contributed by atoms with Gasteiger partial charge in [0.15, 0.2) is 11.3 Å². The smallest absolute Gasteiger partial charge is 0.335 e. The third kappa shape index (κ3) is 3.47. The molecule has 6 nitrogen and oxygen atoms in total. The minimum atomic E-state index is -1.38. The number of benzene rings is 1. The van der Waals surface area contributed by atoms with E-state index in [0.717, 1.165) is 0 Å². The summed E-state index contributed by atoms with van der Waals surface area (Å²) in [7, 11) is 5.31. The fraction of sp³-hybridized carbons (Fsp3) is 0.529. The molecule has 138 valence electrons. The maximum atomic E-state index is 13.3. The lowest BCUT2D eigenvalue weighted by Gasteiger charge is -2.24. The van der Waals surface area contributed by atoms with Gasteiger partial charge >= 0.3 is 5.97 Å². The summed E-state index contributed by atoms with van der Waals surface area (Å²) in [6, 6.07) is 3.07. The molecule has 4 atom stereocenters. The van der Waals surface area contributed by atoms with Crippen molar-refractivity contribution in [2.45, 2.75) is 25.4 Å². The number of Topliss-reactive ketones (excluding diaryl/α,β-unsaturated/α-hetero) is 1. The molecule has 0 amide bonds. The number of hydrogen-bond donors (Lipinski definition) is 1. The number of esters is 1. The van der Waals surface area contributed by atoms with E-state index in [2.05, 4.69) is 25.2 Å². The number of carbonyl (C=O) groups is 2. The van der Waals surface area contributed by atoms with Crippen LogP contribution >= 0.6 is 25.2 Å². The fourth-order valence-corrected chi connectivity index (χ4v) is 3.94. The molecular weight excluding hydrogens is 409 g/mol. The molecule has 0 bridgehead atoms. The number of aliphatic hydroxyl groups is 1. The SMILES string of the molecule is COC(=O)C1(C(=O)c2cc(Br)c(OC)cc2P)CN1[C@H](CO)C(C)C. The minimum Gasteiger partial charge on any atom is -0.496 e. The van der Waals surface area contributed by atoms with Crippen molar-refractivity contribution in [1.82, 2.24) is 4.90 Å². The summed E-state index contributed by atoms with van der Waals surface area (Å²) >= 11 is 3.38. The molecule has 0 radical (unpaired) electrons. The summed E-state index contributed by atoms with van der Waals surface area (Å²) in [6.07, 6.45) is 0. The van der Waals surface area contributed by atoms with Gasteiger partial charge in [-0.2, -0.15) is 0 Å². The van der Waals surface area contributed by atoms with Gasteiger partial charge in [-0.1, -0.05) is 13.8 Å². The highest BCUT2D eigenvalue weighted by molar-refractivity contribution is 9.10. The monoisotopic (exact) mass is 431 g/mol. The molecule has 0 aliphatic carbocycles. The van der Waals surface area contributed by atoms with Crippen LogP contribution < -0.4 is 10.0 Å². The lowest BCUT2D eigenvalue weighted by Crippen LogP contribution is -2.45.